The minimum absolute atomic E-state index is 0.774. The molecule has 0 amide bonds. The lowest BCUT2D eigenvalue weighted by Gasteiger charge is -2.01. The lowest BCUT2D eigenvalue weighted by molar-refractivity contribution is -0.612. The fraction of sp³-hybridized carbons (Fsp3) is 0.444. The van der Waals surface area contributed by atoms with E-state index in [0.717, 1.165) is 23.3 Å². The molecule has 0 aliphatic carbocycles. The van der Waals surface area contributed by atoms with Gasteiger partial charge < -0.3 is 5.21 Å². The molecule has 0 spiro atoms. The summed E-state index contributed by atoms with van der Waals surface area (Å²) in [5, 5.41) is 10.9. The second kappa shape index (κ2) is 3.37. The zero-order chi connectivity index (χ0) is 8.27. The zero-order valence-corrected chi connectivity index (χ0v) is 7.00. The molecule has 1 heterocycles. The number of pyridine rings is 1. The smallest absolute Gasteiger partial charge is 0.189 e. The third-order valence-electron chi connectivity index (χ3n) is 1.70. The number of aromatic nitrogens is 1. The molecule has 0 aromatic carbocycles. The van der Waals surface area contributed by atoms with Gasteiger partial charge in [0, 0.05) is 19.1 Å². The summed E-state index contributed by atoms with van der Waals surface area (Å²) in [4.78, 5) is 0. The minimum atomic E-state index is 0.774. The van der Waals surface area contributed by atoms with Crippen molar-refractivity contribution in [1.82, 2.24) is 0 Å². The zero-order valence-electron chi connectivity index (χ0n) is 7.00. The second-order valence-corrected chi connectivity index (χ2v) is 2.75. The van der Waals surface area contributed by atoms with E-state index in [1.807, 2.05) is 19.1 Å². The van der Waals surface area contributed by atoms with Crippen LogP contribution in [0.2, 0.25) is 0 Å². The van der Waals surface area contributed by atoms with Crippen LogP contribution in [0.25, 0.3) is 0 Å². The van der Waals surface area contributed by atoms with Crippen molar-refractivity contribution >= 4 is 0 Å². The first-order valence-electron chi connectivity index (χ1n) is 3.92. The van der Waals surface area contributed by atoms with E-state index in [-0.39, 0.29) is 0 Å². The SMILES string of the molecule is CCCc1cc[n+]([O-])c(C)c1. The highest BCUT2D eigenvalue weighted by atomic mass is 16.5. The van der Waals surface area contributed by atoms with Crippen molar-refractivity contribution in [2.45, 2.75) is 26.7 Å². The van der Waals surface area contributed by atoms with Gasteiger partial charge in [0.05, 0.1) is 0 Å². The van der Waals surface area contributed by atoms with Crippen LogP contribution in [-0.2, 0) is 6.42 Å². The summed E-state index contributed by atoms with van der Waals surface area (Å²) in [7, 11) is 0. The number of nitrogens with zero attached hydrogens (tertiary/aromatic N) is 1. The molecule has 0 atom stereocenters. The van der Waals surface area contributed by atoms with Gasteiger partial charge in [0.1, 0.15) is 0 Å². The molecule has 0 saturated heterocycles. The molecule has 0 unspecified atom stereocenters. The summed E-state index contributed by atoms with van der Waals surface area (Å²) in [5.41, 5.74) is 2.02. The Balaban J connectivity index is 2.86. The summed E-state index contributed by atoms with van der Waals surface area (Å²) in [5.74, 6) is 0. The predicted molar refractivity (Wildman–Crippen MR) is 44.1 cm³/mol. The summed E-state index contributed by atoms with van der Waals surface area (Å²) in [6, 6.07) is 3.82. The summed E-state index contributed by atoms with van der Waals surface area (Å²) in [6.45, 7) is 3.96. The highest BCUT2D eigenvalue weighted by Gasteiger charge is 1.98. The van der Waals surface area contributed by atoms with E-state index in [1.54, 1.807) is 6.20 Å². The van der Waals surface area contributed by atoms with E-state index >= 15 is 0 Å². The molecule has 1 aromatic rings. The summed E-state index contributed by atoms with van der Waals surface area (Å²) < 4.78 is 0.888. The molecule has 0 bridgehead atoms. The van der Waals surface area contributed by atoms with Crippen molar-refractivity contribution in [1.29, 1.82) is 0 Å². The molecule has 0 aliphatic rings. The predicted octanol–water partition coefficient (Wildman–Crippen LogP) is 1.58. The highest BCUT2D eigenvalue weighted by molar-refractivity contribution is 5.11. The minimum Gasteiger partial charge on any atom is -0.619 e. The number of aryl methyl sites for hydroxylation is 2. The fourth-order valence-corrected chi connectivity index (χ4v) is 1.11. The normalized spacial score (nSPS) is 10.0. The van der Waals surface area contributed by atoms with E-state index < -0.39 is 0 Å². The molecule has 60 valence electrons. The lowest BCUT2D eigenvalue weighted by atomic mass is 10.1. The number of hydrogen-bond donors (Lipinski definition) is 0. The molecular formula is C9H13NO. The van der Waals surface area contributed by atoms with Crippen molar-refractivity contribution < 1.29 is 4.73 Å². The molecule has 11 heavy (non-hydrogen) atoms. The average molecular weight is 151 g/mol. The lowest BCUT2D eigenvalue weighted by Crippen LogP contribution is -2.29. The standard InChI is InChI=1S/C9H13NO/c1-3-4-9-5-6-10(11)8(2)7-9/h5-7H,3-4H2,1-2H3. The van der Waals surface area contributed by atoms with Crippen LogP contribution in [-0.4, -0.2) is 0 Å². The molecule has 2 heteroatoms. The van der Waals surface area contributed by atoms with Gasteiger partial charge in [-0.1, -0.05) is 13.3 Å². The molecule has 1 aromatic heterocycles. The molecule has 0 aliphatic heterocycles. The maximum absolute atomic E-state index is 10.9. The van der Waals surface area contributed by atoms with Crippen LogP contribution in [0.3, 0.4) is 0 Å². The number of hydrogen-bond acceptors (Lipinski definition) is 1. The topological polar surface area (TPSA) is 26.9 Å². The Bertz CT molecular complexity index is 245. The van der Waals surface area contributed by atoms with Crippen molar-refractivity contribution in [3.63, 3.8) is 0 Å². The van der Waals surface area contributed by atoms with E-state index in [0.29, 0.717) is 0 Å². The number of rotatable bonds is 2. The van der Waals surface area contributed by atoms with Crippen LogP contribution in [0.4, 0.5) is 0 Å². The average Bonchev–Trinajstić information content (AvgIpc) is 1.98. The third kappa shape index (κ3) is 1.93. The molecule has 1 rings (SSSR count). The van der Waals surface area contributed by atoms with Gasteiger partial charge in [-0.15, -0.1) is 0 Å². The quantitative estimate of drug-likeness (QED) is 0.465. The Morgan fingerprint density at radius 1 is 1.55 bits per heavy atom. The first-order valence-corrected chi connectivity index (χ1v) is 3.92. The maximum Gasteiger partial charge on any atom is 0.189 e. The maximum atomic E-state index is 10.9. The van der Waals surface area contributed by atoms with E-state index in [1.165, 1.54) is 5.56 Å². The van der Waals surface area contributed by atoms with Crippen LogP contribution in [0.1, 0.15) is 24.6 Å². The van der Waals surface area contributed by atoms with E-state index in [4.69, 9.17) is 0 Å². The Hall–Kier alpha value is -1.05. The molecule has 0 radical (unpaired) electrons. The summed E-state index contributed by atoms with van der Waals surface area (Å²) >= 11 is 0. The van der Waals surface area contributed by atoms with Crippen molar-refractivity contribution in [2.24, 2.45) is 0 Å². The molecule has 0 saturated carbocycles. The van der Waals surface area contributed by atoms with Gasteiger partial charge in [0.25, 0.3) is 0 Å². The van der Waals surface area contributed by atoms with Gasteiger partial charge in [-0.3, -0.25) is 0 Å². The Labute approximate surface area is 67.1 Å². The van der Waals surface area contributed by atoms with Crippen LogP contribution in [0.15, 0.2) is 18.3 Å². The monoisotopic (exact) mass is 151 g/mol. The molecule has 2 nitrogen and oxygen atoms in total. The van der Waals surface area contributed by atoms with Gasteiger partial charge in [-0.25, -0.2) is 0 Å². The highest BCUT2D eigenvalue weighted by Crippen LogP contribution is 2.01. The van der Waals surface area contributed by atoms with Crippen LogP contribution in [0.5, 0.6) is 0 Å². The van der Waals surface area contributed by atoms with E-state index in [2.05, 4.69) is 6.92 Å². The van der Waals surface area contributed by atoms with Crippen molar-refractivity contribution in [2.75, 3.05) is 0 Å². The van der Waals surface area contributed by atoms with Crippen molar-refractivity contribution in [3.8, 4) is 0 Å². The van der Waals surface area contributed by atoms with Crippen LogP contribution >= 0.6 is 0 Å². The third-order valence-corrected chi connectivity index (χ3v) is 1.70. The van der Waals surface area contributed by atoms with Crippen LogP contribution in [0, 0.1) is 12.1 Å². The second-order valence-electron chi connectivity index (χ2n) is 2.75. The van der Waals surface area contributed by atoms with Gasteiger partial charge in [0.15, 0.2) is 11.9 Å². The molecule has 0 N–H and O–H groups in total. The molecular weight excluding hydrogens is 138 g/mol. The fourth-order valence-electron chi connectivity index (χ4n) is 1.11. The first-order chi connectivity index (χ1) is 5.24. The van der Waals surface area contributed by atoms with Gasteiger partial charge in [-0.2, -0.15) is 4.73 Å². The van der Waals surface area contributed by atoms with Crippen molar-refractivity contribution in [3.05, 3.63) is 34.8 Å². The largest absolute Gasteiger partial charge is 0.619 e. The Morgan fingerprint density at radius 2 is 2.27 bits per heavy atom. The van der Waals surface area contributed by atoms with Gasteiger partial charge in [-0.05, 0) is 12.0 Å². The van der Waals surface area contributed by atoms with Gasteiger partial charge in [0.2, 0.25) is 0 Å². The van der Waals surface area contributed by atoms with Gasteiger partial charge >= 0.3 is 0 Å². The Morgan fingerprint density at radius 3 is 2.82 bits per heavy atom. The first kappa shape index (κ1) is 8.05. The van der Waals surface area contributed by atoms with Crippen LogP contribution < -0.4 is 4.73 Å². The Kier molecular flexibility index (Phi) is 2.47. The summed E-state index contributed by atoms with van der Waals surface area (Å²) in [6.07, 6.45) is 3.75. The molecule has 0 fully saturated rings. The van der Waals surface area contributed by atoms with E-state index in [9.17, 15) is 5.21 Å².